The first-order valence-electron chi connectivity index (χ1n) is 6.82. The molecule has 5 heteroatoms. The van der Waals surface area contributed by atoms with Crippen LogP contribution in [0.15, 0.2) is 34.7 Å². The van der Waals surface area contributed by atoms with Gasteiger partial charge in [0.2, 0.25) is 5.91 Å². The SMILES string of the molecule is N[C@@H]1C[C@H](C(=O)NCc2cc3ccccc3o2)C[C@H]1O. The zero-order valence-corrected chi connectivity index (χ0v) is 11.1. The number of furan rings is 1. The molecule has 1 amide bonds. The summed E-state index contributed by atoms with van der Waals surface area (Å²) in [6.07, 6.45) is 0.400. The van der Waals surface area contributed by atoms with E-state index in [0.29, 0.717) is 19.4 Å². The van der Waals surface area contributed by atoms with Gasteiger partial charge in [0, 0.05) is 17.3 Å². The number of amides is 1. The Morgan fingerprint density at radius 1 is 1.40 bits per heavy atom. The predicted octanol–water partition coefficient (Wildman–Crippen LogP) is 1.15. The third-order valence-electron chi connectivity index (χ3n) is 3.86. The summed E-state index contributed by atoms with van der Waals surface area (Å²) in [6, 6.07) is 9.35. The van der Waals surface area contributed by atoms with E-state index in [2.05, 4.69) is 5.32 Å². The molecular formula is C15H18N2O3. The minimum atomic E-state index is -0.572. The topological polar surface area (TPSA) is 88.5 Å². The van der Waals surface area contributed by atoms with Crippen molar-refractivity contribution in [3.8, 4) is 0 Å². The van der Waals surface area contributed by atoms with Gasteiger partial charge in [-0.15, -0.1) is 0 Å². The Kier molecular flexibility index (Phi) is 3.46. The van der Waals surface area contributed by atoms with Gasteiger partial charge in [-0.2, -0.15) is 0 Å². The first-order valence-corrected chi connectivity index (χ1v) is 6.82. The number of nitrogens with two attached hydrogens (primary N) is 1. The van der Waals surface area contributed by atoms with Crippen LogP contribution in [0.25, 0.3) is 11.0 Å². The lowest BCUT2D eigenvalue weighted by atomic mass is 10.1. The van der Waals surface area contributed by atoms with E-state index in [1.165, 1.54) is 0 Å². The van der Waals surface area contributed by atoms with Gasteiger partial charge >= 0.3 is 0 Å². The van der Waals surface area contributed by atoms with E-state index >= 15 is 0 Å². The predicted molar refractivity (Wildman–Crippen MR) is 74.8 cm³/mol. The fourth-order valence-corrected chi connectivity index (χ4v) is 2.70. The van der Waals surface area contributed by atoms with E-state index in [-0.39, 0.29) is 17.9 Å². The highest BCUT2D eigenvalue weighted by atomic mass is 16.3. The Morgan fingerprint density at radius 2 is 2.20 bits per heavy atom. The van der Waals surface area contributed by atoms with E-state index in [1.807, 2.05) is 30.3 Å². The van der Waals surface area contributed by atoms with Crippen LogP contribution in [-0.4, -0.2) is 23.2 Å². The van der Waals surface area contributed by atoms with Crippen molar-refractivity contribution < 1.29 is 14.3 Å². The lowest BCUT2D eigenvalue weighted by Gasteiger charge is -2.09. The Morgan fingerprint density at radius 3 is 2.90 bits per heavy atom. The van der Waals surface area contributed by atoms with Gasteiger partial charge in [0.1, 0.15) is 11.3 Å². The van der Waals surface area contributed by atoms with E-state index in [4.69, 9.17) is 10.2 Å². The van der Waals surface area contributed by atoms with Crippen LogP contribution in [0.1, 0.15) is 18.6 Å². The lowest BCUT2D eigenvalue weighted by molar-refractivity contribution is -0.125. The molecule has 5 nitrogen and oxygen atoms in total. The first kappa shape index (κ1) is 13.1. The summed E-state index contributed by atoms with van der Waals surface area (Å²) in [5.41, 5.74) is 6.53. The van der Waals surface area contributed by atoms with Gasteiger partial charge in [0.15, 0.2) is 0 Å². The molecule has 20 heavy (non-hydrogen) atoms. The van der Waals surface area contributed by atoms with Crippen LogP contribution in [0.5, 0.6) is 0 Å². The van der Waals surface area contributed by atoms with Crippen molar-refractivity contribution in [3.63, 3.8) is 0 Å². The summed E-state index contributed by atoms with van der Waals surface area (Å²) in [7, 11) is 0. The number of rotatable bonds is 3. The van der Waals surface area contributed by atoms with Crippen molar-refractivity contribution in [2.24, 2.45) is 11.7 Å². The van der Waals surface area contributed by atoms with Crippen molar-refractivity contribution >= 4 is 16.9 Å². The van der Waals surface area contributed by atoms with E-state index in [9.17, 15) is 9.90 Å². The highest BCUT2D eigenvalue weighted by molar-refractivity contribution is 5.80. The normalized spacial score (nSPS) is 26.0. The molecule has 1 saturated carbocycles. The summed E-state index contributed by atoms with van der Waals surface area (Å²) < 4.78 is 5.63. The van der Waals surface area contributed by atoms with Crippen LogP contribution in [-0.2, 0) is 11.3 Å². The molecule has 1 heterocycles. The van der Waals surface area contributed by atoms with Crippen LogP contribution in [0, 0.1) is 5.92 Å². The molecule has 1 aromatic carbocycles. The highest BCUT2D eigenvalue weighted by Gasteiger charge is 2.34. The summed E-state index contributed by atoms with van der Waals surface area (Å²) in [5.74, 6) is 0.448. The molecule has 4 N–H and O–H groups in total. The molecule has 1 aromatic heterocycles. The molecule has 0 spiro atoms. The number of aliphatic hydroxyl groups is 1. The van der Waals surface area contributed by atoms with Crippen molar-refractivity contribution in [2.75, 3.05) is 0 Å². The fourth-order valence-electron chi connectivity index (χ4n) is 2.70. The molecule has 3 rings (SSSR count). The molecule has 3 atom stereocenters. The molecule has 1 aliphatic rings. The first-order chi connectivity index (χ1) is 9.63. The van der Waals surface area contributed by atoms with E-state index < -0.39 is 6.10 Å². The average Bonchev–Trinajstić information content (AvgIpc) is 3.00. The van der Waals surface area contributed by atoms with Gasteiger partial charge in [-0.25, -0.2) is 0 Å². The number of aliphatic hydroxyl groups excluding tert-OH is 1. The second-order valence-electron chi connectivity index (χ2n) is 5.37. The van der Waals surface area contributed by atoms with Gasteiger partial charge in [0.25, 0.3) is 0 Å². The number of fused-ring (bicyclic) bond motifs is 1. The fraction of sp³-hybridized carbons (Fsp3) is 0.400. The second-order valence-corrected chi connectivity index (χ2v) is 5.37. The van der Waals surface area contributed by atoms with Crippen molar-refractivity contribution in [1.82, 2.24) is 5.32 Å². The monoisotopic (exact) mass is 274 g/mol. The largest absolute Gasteiger partial charge is 0.459 e. The van der Waals surface area contributed by atoms with Gasteiger partial charge in [0.05, 0.1) is 12.6 Å². The molecule has 106 valence electrons. The molecular weight excluding hydrogens is 256 g/mol. The Balaban J connectivity index is 1.60. The van der Waals surface area contributed by atoms with Crippen LogP contribution in [0.2, 0.25) is 0 Å². The molecule has 0 radical (unpaired) electrons. The number of nitrogens with one attached hydrogen (secondary N) is 1. The lowest BCUT2D eigenvalue weighted by Crippen LogP contribution is -2.30. The number of para-hydroxylation sites is 1. The van der Waals surface area contributed by atoms with Gasteiger partial charge in [-0.1, -0.05) is 18.2 Å². The molecule has 1 aliphatic carbocycles. The number of carbonyl (C=O) groups excluding carboxylic acids is 1. The molecule has 0 unspecified atom stereocenters. The quantitative estimate of drug-likeness (QED) is 0.783. The van der Waals surface area contributed by atoms with Crippen LogP contribution in [0.3, 0.4) is 0 Å². The van der Waals surface area contributed by atoms with Crippen LogP contribution < -0.4 is 11.1 Å². The Bertz CT molecular complexity index is 579. The number of benzene rings is 1. The van der Waals surface area contributed by atoms with Crippen molar-refractivity contribution in [3.05, 3.63) is 36.1 Å². The Labute approximate surface area is 116 Å². The van der Waals surface area contributed by atoms with Crippen molar-refractivity contribution in [2.45, 2.75) is 31.5 Å². The maximum Gasteiger partial charge on any atom is 0.223 e. The van der Waals surface area contributed by atoms with Crippen molar-refractivity contribution in [1.29, 1.82) is 0 Å². The minimum absolute atomic E-state index is 0.0718. The molecule has 0 bridgehead atoms. The second kappa shape index (κ2) is 5.26. The summed E-state index contributed by atoms with van der Waals surface area (Å²) in [5, 5.41) is 13.4. The number of carbonyl (C=O) groups is 1. The highest BCUT2D eigenvalue weighted by Crippen LogP contribution is 2.25. The summed E-state index contributed by atoms with van der Waals surface area (Å²) in [4.78, 5) is 12.0. The zero-order valence-electron chi connectivity index (χ0n) is 11.1. The average molecular weight is 274 g/mol. The van der Waals surface area contributed by atoms with Crippen LogP contribution in [0.4, 0.5) is 0 Å². The third-order valence-corrected chi connectivity index (χ3v) is 3.86. The smallest absolute Gasteiger partial charge is 0.223 e. The molecule has 0 aliphatic heterocycles. The van der Waals surface area contributed by atoms with E-state index in [1.54, 1.807) is 0 Å². The number of hydrogen-bond donors (Lipinski definition) is 3. The van der Waals surface area contributed by atoms with Crippen LogP contribution >= 0.6 is 0 Å². The molecule has 0 saturated heterocycles. The third kappa shape index (κ3) is 2.55. The Hall–Kier alpha value is -1.85. The number of hydrogen-bond acceptors (Lipinski definition) is 4. The molecule has 1 fully saturated rings. The maximum atomic E-state index is 12.0. The van der Waals surface area contributed by atoms with Gasteiger partial charge < -0.3 is 20.6 Å². The zero-order chi connectivity index (χ0) is 14.1. The maximum absolute atomic E-state index is 12.0. The van der Waals surface area contributed by atoms with E-state index in [0.717, 1.165) is 16.7 Å². The summed E-state index contributed by atoms with van der Waals surface area (Å²) in [6.45, 7) is 0.356. The molecule has 2 aromatic rings. The van der Waals surface area contributed by atoms with Gasteiger partial charge in [-0.3, -0.25) is 4.79 Å². The standard InChI is InChI=1S/C15H18N2O3/c16-12-6-10(7-13(12)18)15(19)17-8-11-5-9-3-1-2-4-14(9)20-11/h1-5,10,12-13,18H,6-8,16H2,(H,17,19)/t10-,12+,13+/m0/s1. The van der Waals surface area contributed by atoms with Gasteiger partial charge in [-0.05, 0) is 25.0 Å². The summed E-state index contributed by atoms with van der Waals surface area (Å²) >= 11 is 0. The minimum Gasteiger partial charge on any atom is -0.459 e.